The van der Waals surface area contributed by atoms with Crippen LogP contribution in [0.4, 0.5) is 8.78 Å². The van der Waals surface area contributed by atoms with Crippen LogP contribution < -0.4 is 5.32 Å². The largest absolute Gasteiger partial charge is 0.310 e. The summed E-state index contributed by atoms with van der Waals surface area (Å²) < 4.78 is 27.2. The van der Waals surface area contributed by atoms with E-state index in [1.54, 1.807) is 6.07 Å². The van der Waals surface area contributed by atoms with E-state index in [-0.39, 0.29) is 17.7 Å². The first-order chi connectivity index (χ1) is 8.60. The fourth-order valence-corrected chi connectivity index (χ4v) is 2.48. The lowest BCUT2D eigenvalue weighted by atomic mass is 10.1. The van der Waals surface area contributed by atoms with Crippen molar-refractivity contribution < 1.29 is 8.78 Å². The lowest BCUT2D eigenvalue weighted by Crippen LogP contribution is -2.26. The van der Waals surface area contributed by atoms with E-state index in [1.807, 2.05) is 0 Å². The third kappa shape index (κ3) is 2.85. The highest BCUT2D eigenvalue weighted by atomic mass is 19.1. The zero-order valence-electron chi connectivity index (χ0n) is 10.3. The van der Waals surface area contributed by atoms with Gasteiger partial charge in [-0.25, -0.2) is 8.78 Å². The monoisotopic (exact) mass is 250 g/mol. The molecule has 1 N–H and O–H groups in total. The maximum Gasteiger partial charge on any atom is 0.131 e. The molecule has 2 rings (SSSR count). The predicted molar refractivity (Wildman–Crippen MR) is 64.7 cm³/mol. The zero-order valence-corrected chi connectivity index (χ0v) is 10.3. The first-order valence-corrected chi connectivity index (χ1v) is 6.21. The number of rotatable bonds is 3. The third-order valence-electron chi connectivity index (χ3n) is 3.53. The van der Waals surface area contributed by atoms with E-state index >= 15 is 0 Å². The Morgan fingerprint density at radius 3 is 2.50 bits per heavy atom. The molecule has 0 bridgehead atoms. The van der Waals surface area contributed by atoms with Gasteiger partial charge in [-0.1, -0.05) is 6.92 Å². The molecular weight excluding hydrogens is 234 g/mol. The van der Waals surface area contributed by atoms with E-state index in [9.17, 15) is 8.78 Å². The molecule has 0 saturated heterocycles. The van der Waals surface area contributed by atoms with Crippen molar-refractivity contribution in [1.82, 2.24) is 5.32 Å². The van der Waals surface area contributed by atoms with Crippen molar-refractivity contribution in [3.63, 3.8) is 0 Å². The fraction of sp³-hybridized carbons (Fsp3) is 0.500. The van der Waals surface area contributed by atoms with Crippen LogP contribution in [-0.4, -0.2) is 6.04 Å². The summed E-state index contributed by atoms with van der Waals surface area (Å²) in [5, 5.41) is 11.8. The molecule has 1 aromatic rings. The van der Waals surface area contributed by atoms with Crippen molar-refractivity contribution in [2.45, 2.75) is 38.8 Å². The molecule has 4 heteroatoms. The maximum absolute atomic E-state index is 13.6. The lowest BCUT2D eigenvalue weighted by molar-refractivity contribution is 0.475. The van der Waals surface area contributed by atoms with Gasteiger partial charge < -0.3 is 5.32 Å². The molecule has 1 fully saturated rings. The van der Waals surface area contributed by atoms with Crippen molar-refractivity contribution in [1.29, 1.82) is 5.26 Å². The summed E-state index contributed by atoms with van der Waals surface area (Å²) in [5.41, 5.74) is 0.0387. The van der Waals surface area contributed by atoms with Gasteiger partial charge in [0.2, 0.25) is 0 Å². The number of halogens is 2. The van der Waals surface area contributed by atoms with Gasteiger partial charge in [0.15, 0.2) is 0 Å². The predicted octanol–water partition coefficient (Wildman–Crippen LogP) is 3.11. The minimum Gasteiger partial charge on any atom is -0.310 e. The van der Waals surface area contributed by atoms with E-state index in [0.29, 0.717) is 12.0 Å². The van der Waals surface area contributed by atoms with Gasteiger partial charge in [-0.3, -0.25) is 0 Å². The van der Waals surface area contributed by atoms with Gasteiger partial charge in [0.05, 0.1) is 11.6 Å². The van der Waals surface area contributed by atoms with Crippen LogP contribution in [0.3, 0.4) is 0 Å². The number of hydrogen-bond acceptors (Lipinski definition) is 2. The van der Waals surface area contributed by atoms with Crippen LogP contribution in [0.2, 0.25) is 0 Å². The molecule has 1 aliphatic carbocycles. The quantitative estimate of drug-likeness (QED) is 0.894. The second kappa shape index (κ2) is 5.45. The zero-order chi connectivity index (χ0) is 13.1. The average Bonchev–Trinajstić information content (AvgIpc) is 2.73. The molecule has 2 nitrogen and oxygen atoms in total. The second-order valence-corrected chi connectivity index (χ2v) is 5.03. The van der Waals surface area contributed by atoms with Crippen LogP contribution in [0.15, 0.2) is 12.1 Å². The summed E-state index contributed by atoms with van der Waals surface area (Å²) in [7, 11) is 0. The Morgan fingerprint density at radius 2 is 2.00 bits per heavy atom. The number of benzene rings is 1. The average molecular weight is 250 g/mol. The van der Waals surface area contributed by atoms with Gasteiger partial charge in [0, 0.05) is 18.2 Å². The highest BCUT2D eigenvalue weighted by molar-refractivity contribution is 5.34. The molecular formula is C14H16F2N2. The molecule has 1 aromatic carbocycles. The van der Waals surface area contributed by atoms with Crippen molar-refractivity contribution >= 4 is 0 Å². The Kier molecular flexibility index (Phi) is 3.93. The summed E-state index contributed by atoms with van der Waals surface area (Å²) >= 11 is 0. The van der Waals surface area contributed by atoms with Gasteiger partial charge in [-0.05, 0) is 37.3 Å². The number of nitriles is 1. The van der Waals surface area contributed by atoms with Gasteiger partial charge in [0.25, 0.3) is 0 Å². The summed E-state index contributed by atoms with van der Waals surface area (Å²) in [6.07, 6.45) is 3.27. The fourth-order valence-electron chi connectivity index (χ4n) is 2.48. The van der Waals surface area contributed by atoms with Crippen molar-refractivity contribution in [2.75, 3.05) is 0 Å². The minimum atomic E-state index is -0.648. The maximum atomic E-state index is 13.6. The molecule has 2 unspecified atom stereocenters. The van der Waals surface area contributed by atoms with Gasteiger partial charge in [-0.2, -0.15) is 5.26 Å². The highest BCUT2D eigenvalue weighted by Gasteiger charge is 2.21. The number of hydrogen-bond donors (Lipinski definition) is 1. The van der Waals surface area contributed by atoms with Crippen LogP contribution in [0.5, 0.6) is 0 Å². The van der Waals surface area contributed by atoms with E-state index in [2.05, 4.69) is 12.2 Å². The molecule has 0 heterocycles. The van der Waals surface area contributed by atoms with Crippen LogP contribution >= 0.6 is 0 Å². The lowest BCUT2D eigenvalue weighted by Gasteiger charge is -2.13. The van der Waals surface area contributed by atoms with Crippen molar-refractivity contribution in [2.24, 2.45) is 5.92 Å². The number of nitrogens with one attached hydrogen (secondary N) is 1. The van der Waals surface area contributed by atoms with Crippen LogP contribution in [-0.2, 0) is 6.54 Å². The second-order valence-electron chi connectivity index (χ2n) is 5.03. The number of nitrogens with zero attached hydrogens (tertiary/aromatic N) is 1. The molecule has 0 radical (unpaired) electrons. The molecule has 0 amide bonds. The van der Waals surface area contributed by atoms with E-state index in [0.717, 1.165) is 31.4 Å². The standard InChI is InChI=1S/C14H16F2N2/c1-9-2-3-11(4-9)18-8-12-13(15)5-10(7-17)6-14(12)16/h5-6,9,11,18H,2-4,8H2,1H3. The smallest absolute Gasteiger partial charge is 0.131 e. The van der Waals surface area contributed by atoms with Crippen LogP contribution in [0.1, 0.15) is 37.3 Å². The van der Waals surface area contributed by atoms with Crippen LogP contribution in [0.25, 0.3) is 0 Å². The van der Waals surface area contributed by atoms with Gasteiger partial charge >= 0.3 is 0 Å². The minimum absolute atomic E-state index is 0.0169. The first kappa shape index (κ1) is 13.0. The Balaban J connectivity index is 2.03. The van der Waals surface area contributed by atoms with E-state index in [4.69, 9.17) is 5.26 Å². The molecule has 96 valence electrons. The third-order valence-corrected chi connectivity index (χ3v) is 3.53. The molecule has 1 aliphatic rings. The highest BCUT2D eigenvalue weighted by Crippen LogP contribution is 2.25. The molecule has 18 heavy (non-hydrogen) atoms. The first-order valence-electron chi connectivity index (χ1n) is 6.21. The topological polar surface area (TPSA) is 35.8 Å². The van der Waals surface area contributed by atoms with Crippen LogP contribution in [0, 0.1) is 28.9 Å². The molecule has 0 aromatic heterocycles. The normalized spacial score (nSPS) is 23.0. The molecule has 0 spiro atoms. The van der Waals surface area contributed by atoms with Gasteiger partial charge in [-0.15, -0.1) is 0 Å². The SMILES string of the molecule is CC1CCC(NCc2c(F)cc(C#N)cc2F)C1. The van der Waals surface area contributed by atoms with E-state index in [1.165, 1.54) is 0 Å². The van der Waals surface area contributed by atoms with Crippen molar-refractivity contribution in [3.8, 4) is 6.07 Å². The summed E-state index contributed by atoms with van der Waals surface area (Å²) in [6.45, 7) is 2.37. The van der Waals surface area contributed by atoms with Crippen molar-refractivity contribution in [3.05, 3.63) is 34.9 Å². The molecule has 1 saturated carbocycles. The Bertz CT molecular complexity index is 456. The molecule has 2 atom stereocenters. The Labute approximate surface area is 106 Å². The summed E-state index contributed by atoms with van der Waals surface area (Å²) in [4.78, 5) is 0. The Hall–Kier alpha value is -1.47. The van der Waals surface area contributed by atoms with Gasteiger partial charge in [0.1, 0.15) is 11.6 Å². The Morgan fingerprint density at radius 1 is 1.33 bits per heavy atom. The molecule has 0 aliphatic heterocycles. The summed E-state index contributed by atoms with van der Waals surface area (Å²) in [6, 6.07) is 4.24. The van der Waals surface area contributed by atoms with E-state index < -0.39 is 11.6 Å². The summed E-state index contributed by atoms with van der Waals surface area (Å²) in [5.74, 6) is -0.617.